The normalized spacial score (nSPS) is 9.19. The maximum atomic E-state index is 5.42. The summed E-state index contributed by atoms with van der Waals surface area (Å²) in [5.74, 6) is 0.874. The largest absolute Gasteiger partial charge is 0.380 e. The van der Waals surface area contributed by atoms with Gasteiger partial charge in [0.1, 0.15) is 0 Å². The van der Waals surface area contributed by atoms with E-state index in [-0.39, 0.29) is 24.0 Å². The van der Waals surface area contributed by atoms with E-state index in [1.165, 1.54) is 6.42 Å². The second kappa shape index (κ2) is 15.0. The number of halogens is 1. The fraction of sp³-hybridized carbons (Fsp3) is 0.909. The Morgan fingerprint density at radius 1 is 1.06 bits per heavy atom. The standard InChI is InChI=1S/C11H25N3O.HI/c1-4-7-9-15-10-8-14-11(12-5-2)13-6-3;/h4-10H2,1-3H3,(H2,12,13,14);1H. The Balaban J connectivity index is 0. The third-order valence-corrected chi connectivity index (χ3v) is 1.84. The average Bonchev–Trinajstić information content (AvgIpc) is 2.24. The molecule has 0 rings (SSSR count). The number of nitrogens with one attached hydrogen (secondary N) is 2. The van der Waals surface area contributed by atoms with Crippen LogP contribution < -0.4 is 10.6 Å². The third-order valence-electron chi connectivity index (χ3n) is 1.84. The summed E-state index contributed by atoms with van der Waals surface area (Å²) in [6.45, 7) is 10.3. The van der Waals surface area contributed by atoms with Crippen LogP contribution in [0.2, 0.25) is 0 Å². The molecule has 0 aromatic rings. The number of aliphatic imine (C=N–C) groups is 1. The van der Waals surface area contributed by atoms with E-state index in [0.29, 0.717) is 6.61 Å². The van der Waals surface area contributed by atoms with Gasteiger partial charge in [-0.25, -0.2) is 0 Å². The van der Waals surface area contributed by atoms with Gasteiger partial charge in [0.15, 0.2) is 5.96 Å². The first kappa shape index (κ1) is 18.3. The van der Waals surface area contributed by atoms with Gasteiger partial charge in [-0.1, -0.05) is 13.3 Å². The molecular formula is C11H26IN3O. The summed E-state index contributed by atoms with van der Waals surface area (Å²) in [6.07, 6.45) is 2.32. The first-order valence-corrected chi connectivity index (χ1v) is 5.95. The Bertz CT molecular complexity index is 157. The van der Waals surface area contributed by atoms with Gasteiger partial charge < -0.3 is 15.4 Å². The van der Waals surface area contributed by atoms with Crippen LogP contribution in [-0.4, -0.2) is 38.8 Å². The zero-order valence-corrected chi connectivity index (χ0v) is 13.0. The number of nitrogens with zero attached hydrogens (tertiary/aromatic N) is 1. The van der Waals surface area contributed by atoms with Gasteiger partial charge >= 0.3 is 0 Å². The topological polar surface area (TPSA) is 45.6 Å². The van der Waals surface area contributed by atoms with Crippen LogP contribution in [0.25, 0.3) is 0 Å². The van der Waals surface area contributed by atoms with Crippen LogP contribution in [0.1, 0.15) is 33.6 Å². The summed E-state index contributed by atoms with van der Waals surface area (Å²) in [6, 6.07) is 0. The highest BCUT2D eigenvalue weighted by atomic mass is 127. The van der Waals surface area contributed by atoms with E-state index < -0.39 is 0 Å². The minimum absolute atomic E-state index is 0. The molecule has 4 nitrogen and oxygen atoms in total. The second-order valence-electron chi connectivity index (χ2n) is 3.26. The molecule has 0 aromatic carbocycles. The Morgan fingerprint density at radius 2 is 1.69 bits per heavy atom. The van der Waals surface area contributed by atoms with Crippen molar-refractivity contribution >= 4 is 29.9 Å². The third kappa shape index (κ3) is 12.0. The summed E-state index contributed by atoms with van der Waals surface area (Å²) in [5.41, 5.74) is 0. The van der Waals surface area contributed by atoms with Crippen LogP contribution in [0.15, 0.2) is 4.99 Å². The van der Waals surface area contributed by atoms with Crippen molar-refractivity contribution in [3.63, 3.8) is 0 Å². The van der Waals surface area contributed by atoms with Gasteiger partial charge in [0, 0.05) is 19.7 Å². The molecule has 0 unspecified atom stereocenters. The average molecular weight is 343 g/mol. The van der Waals surface area contributed by atoms with E-state index in [2.05, 4.69) is 36.4 Å². The second-order valence-corrected chi connectivity index (χ2v) is 3.26. The smallest absolute Gasteiger partial charge is 0.191 e. The summed E-state index contributed by atoms with van der Waals surface area (Å²) in [5, 5.41) is 6.34. The van der Waals surface area contributed by atoms with E-state index in [0.717, 1.165) is 38.6 Å². The van der Waals surface area contributed by atoms with E-state index in [9.17, 15) is 0 Å². The lowest BCUT2D eigenvalue weighted by molar-refractivity contribution is 0.139. The highest BCUT2D eigenvalue weighted by Gasteiger charge is 1.93. The summed E-state index contributed by atoms with van der Waals surface area (Å²) in [7, 11) is 0. The molecule has 0 heterocycles. The van der Waals surface area contributed by atoms with Crippen molar-refractivity contribution in [2.75, 3.05) is 32.8 Å². The molecule has 5 heteroatoms. The zero-order valence-electron chi connectivity index (χ0n) is 10.7. The van der Waals surface area contributed by atoms with Gasteiger partial charge in [-0.2, -0.15) is 0 Å². The molecule has 16 heavy (non-hydrogen) atoms. The monoisotopic (exact) mass is 343 g/mol. The Hall–Kier alpha value is -0.0400. The van der Waals surface area contributed by atoms with Gasteiger partial charge in [0.2, 0.25) is 0 Å². The van der Waals surface area contributed by atoms with Crippen LogP contribution >= 0.6 is 24.0 Å². The molecule has 0 aliphatic heterocycles. The van der Waals surface area contributed by atoms with Crippen molar-refractivity contribution in [2.45, 2.75) is 33.6 Å². The molecule has 0 spiro atoms. The lowest BCUT2D eigenvalue weighted by atomic mass is 10.4. The number of guanidine groups is 1. The molecule has 0 saturated carbocycles. The summed E-state index contributed by atoms with van der Waals surface area (Å²) < 4.78 is 5.42. The van der Waals surface area contributed by atoms with Gasteiger partial charge in [-0.05, 0) is 20.3 Å². The minimum Gasteiger partial charge on any atom is -0.380 e. The lowest BCUT2D eigenvalue weighted by Gasteiger charge is -2.09. The number of ether oxygens (including phenoxy) is 1. The van der Waals surface area contributed by atoms with Crippen LogP contribution in [0.4, 0.5) is 0 Å². The van der Waals surface area contributed by atoms with Gasteiger partial charge in [-0.15, -0.1) is 24.0 Å². The first-order chi connectivity index (χ1) is 7.35. The highest BCUT2D eigenvalue weighted by Crippen LogP contribution is 1.87. The Morgan fingerprint density at radius 3 is 2.19 bits per heavy atom. The fourth-order valence-electron chi connectivity index (χ4n) is 1.08. The maximum absolute atomic E-state index is 5.42. The van der Waals surface area contributed by atoms with Crippen molar-refractivity contribution in [3.8, 4) is 0 Å². The van der Waals surface area contributed by atoms with Crippen LogP contribution in [0.5, 0.6) is 0 Å². The molecule has 0 radical (unpaired) electrons. The molecule has 98 valence electrons. The van der Waals surface area contributed by atoms with Crippen LogP contribution in [-0.2, 0) is 4.74 Å². The molecule has 0 aliphatic rings. The molecular weight excluding hydrogens is 317 g/mol. The highest BCUT2D eigenvalue weighted by molar-refractivity contribution is 14.0. The van der Waals surface area contributed by atoms with Crippen molar-refractivity contribution in [3.05, 3.63) is 0 Å². The summed E-state index contributed by atoms with van der Waals surface area (Å²) in [4.78, 5) is 4.37. The number of unbranched alkanes of at least 4 members (excludes halogenated alkanes) is 1. The van der Waals surface area contributed by atoms with Crippen molar-refractivity contribution in [1.82, 2.24) is 10.6 Å². The van der Waals surface area contributed by atoms with E-state index in [4.69, 9.17) is 4.74 Å². The predicted molar refractivity (Wildman–Crippen MR) is 80.8 cm³/mol. The Labute approximate surface area is 117 Å². The minimum atomic E-state index is 0. The first-order valence-electron chi connectivity index (χ1n) is 5.95. The fourth-order valence-corrected chi connectivity index (χ4v) is 1.08. The van der Waals surface area contributed by atoms with Gasteiger partial charge in [0.25, 0.3) is 0 Å². The van der Waals surface area contributed by atoms with E-state index >= 15 is 0 Å². The summed E-state index contributed by atoms with van der Waals surface area (Å²) >= 11 is 0. The van der Waals surface area contributed by atoms with Crippen molar-refractivity contribution < 1.29 is 4.74 Å². The molecule has 0 saturated heterocycles. The number of hydrogen-bond acceptors (Lipinski definition) is 2. The van der Waals surface area contributed by atoms with Gasteiger partial charge in [-0.3, -0.25) is 4.99 Å². The zero-order chi connectivity index (χ0) is 11.4. The molecule has 0 bridgehead atoms. The molecule has 2 N–H and O–H groups in total. The predicted octanol–water partition coefficient (Wildman–Crippen LogP) is 2.00. The molecule has 0 aliphatic carbocycles. The molecule has 0 fully saturated rings. The maximum Gasteiger partial charge on any atom is 0.191 e. The Kier molecular flexibility index (Phi) is 17.1. The van der Waals surface area contributed by atoms with Crippen molar-refractivity contribution in [2.24, 2.45) is 4.99 Å². The van der Waals surface area contributed by atoms with Crippen molar-refractivity contribution in [1.29, 1.82) is 0 Å². The van der Waals surface area contributed by atoms with Gasteiger partial charge in [0.05, 0.1) is 13.2 Å². The van der Waals surface area contributed by atoms with Crippen LogP contribution in [0, 0.1) is 0 Å². The quantitative estimate of drug-likeness (QED) is 0.307. The lowest BCUT2D eigenvalue weighted by Crippen LogP contribution is -2.37. The van der Waals surface area contributed by atoms with E-state index in [1.54, 1.807) is 0 Å². The number of hydrogen-bond donors (Lipinski definition) is 2. The molecule has 0 atom stereocenters. The van der Waals surface area contributed by atoms with Crippen LogP contribution in [0.3, 0.4) is 0 Å². The van der Waals surface area contributed by atoms with E-state index in [1.807, 2.05) is 0 Å². The molecule has 0 aromatic heterocycles. The SMILES string of the molecule is CCCCOCCN=C(NCC)NCC.I. The molecule has 0 amide bonds. The number of rotatable bonds is 8.